The monoisotopic (exact) mass is 285 g/mol. The first kappa shape index (κ1) is 14.4. The summed E-state index contributed by atoms with van der Waals surface area (Å²) in [6.07, 6.45) is 0. The lowest BCUT2D eigenvalue weighted by atomic mass is 10.1. The van der Waals surface area contributed by atoms with Crippen molar-refractivity contribution in [3.63, 3.8) is 0 Å². The maximum atomic E-state index is 12.2. The van der Waals surface area contributed by atoms with Crippen LogP contribution in [-0.2, 0) is 0 Å². The van der Waals surface area contributed by atoms with Crippen LogP contribution in [0.4, 0.5) is 5.69 Å². The smallest absolute Gasteiger partial charge is 0.255 e. The number of hydrogen-bond donors (Lipinski definition) is 3. The number of nitrogens with two attached hydrogens (primary N) is 1. The number of amides is 1. The van der Waals surface area contributed by atoms with Crippen LogP contribution in [0.3, 0.4) is 0 Å². The second-order valence-corrected chi connectivity index (χ2v) is 4.22. The largest absolute Gasteiger partial charge is 0.495 e. The van der Waals surface area contributed by atoms with Crippen LogP contribution in [0.25, 0.3) is 0 Å². The first-order valence-corrected chi connectivity index (χ1v) is 6.18. The minimum Gasteiger partial charge on any atom is -0.495 e. The molecule has 2 rings (SSSR count). The van der Waals surface area contributed by atoms with Crippen molar-refractivity contribution >= 4 is 17.4 Å². The molecule has 0 aromatic heterocycles. The molecule has 6 nitrogen and oxygen atoms in total. The number of rotatable bonds is 4. The topological polar surface area (TPSA) is 96.9 Å². The highest BCUT2D eigenvalue weighted by Gasteiger charge is 2.10. The van der Waals surface area contributed by atoms with Crippen LogP contribution in [0, 0.1) is 0 Å². The minimum atomic E-state index is -0.313. The Morgan fingerprint density at radius 1 is 1.19 bits per heavy atom. The Labute approximate surface area is 121 Å². The normalized spacial score (nSPS) is 11.0. The third kappa shape index (κ3) is 3.30. The molecule has 108 valence electrons. The number of ether oxygens (including phenoxy) is 1. The van der Waals surface area contributed by atoms with E-state index in [0.29, 0.717) is 22.6 Å². The van der Waals surface area contributed by atoms with Crippen molar-refractivity contribution < 1.29 is 14.7 Å². The number of hydrogen-bond acceptors (Lipinski definition) is 4. The first-order chi connectivity index (χ1) is 10.2. The van der Waals surface area contributed by atoms with Gasteiger partial charge in [0.15, 0.2) is 5.84 Å². The van der Waals surface area contributed by atoms with Gasteiger partial charge >= 0.3 is 0 Å². The zero-order valence-corrected chi connectivity index (χ0v) is 11.4. The molecular weight excluding hydrogens is 270 g/mol. The third-order valence-electron chi connectivity index (χ3n) is 2.88. The molecule has 0 aliphatic carbocycles. The average molecular weight is 285 g/mol. The quantitative estimate of drug-likeness (QED) is 0.346. The van der Waals surface area contributed by atoms with E-state index in [4.69, 9.17) is 15.7 Å². The predicted molar refractivity (Wildman–Crippen MR) is 79.9 cm³/mol. The highest BCUT2D eigenvalue weighted by atomic mass is 16.5. The molecule has 6 heteroatoms. The number of nitrogens with zero attached hydrogens (tertiary/aromatic N) is 1. The second kappa shape index (κ2) is 6.42. The molecular formula is C15H15N3O3. The van der Waals surface area contributed by atoms with Crippen molar-refractivity contribution in [3.05, 3.63) is 59.7 Å². The number of nitrogens with one attached hydrogen (secondary N) is 1. The van der Waals surface area contributed by atoms with Crippen LogP contribution in [0.15, 0.2) is 53.7 Å². The summed E-state index contributed by atoms with van der Waals surface area (Å²) >= 11 is 0. The van der Waals surface area contributed by atoms with Gasteiger partial charge in [-0.05, 0) is 24.3 Å². The number of benzene rings is 2. The Morgan fingerprint density at radius 3 is 2.62 bits per heavy atom. The maximum Gasteiger partial charge on any atom is 0.255 e. The molecule has 4 N–H and O–H groups in total. The van der Waals surface area contributed by atoms with Gasteiger partial charge in [0.2, 0.25) is 0 Å². The number of methoxy groups -OCH3 is 1. The number of oxime groups is 1. The van der Waals surface area contributed by atoms with Crippen molar-refractivity contribution in [2.24, 2.45) is 10.9 Å². The molecule has 0 radical (unpaired) electrons. The number of para-hydroxylation sites is 2. The molecule has 0 saturated carbocycles. The lowest BCUT2D eigenvalue weighted by molar-refractivity contribution is 0.102. The molecule has 0 spiro atoms. The predicted octanol–water partition coefficient (Wildman–Crippen LogP) is 2.04. The molecule has 1 amide bonds. The summed E-state index contributed by atoms with van der Waals surface area (Å²) in [5, 5.41) is 14.3. The summed E-state index contributed by atoms with van der Waals surface area (Å²) in [6, 6.07) is 13.6. The van der Waals surface area contributed by atoms with Crippen molar-refractivity contribution in [1.29, 1.82) is 0 Å². The minimum absolute atomic E-state index is 0.0538. The summed E-state index contributed by atoms with van der Waals surface area (Å²) in [7, 11) is 1.53. The molecule has 0 unspecified atom stereocenters. The molecule has 0 fully saturated rings. The van der Waals surface area contributed by atoms with Crippen LogP contribution in [0.1, 0.15) is 15.9 Å². The van der Waals surface area contributed by atoms with Gasteiger partial charge in [-0.1, -0.05) is 29.4 Å². The van der Waals surface area contributed by atoms with E-state index in [1.165, 1.54) is 7.11 Å². The standard InChI is InChI=1S/C15H15N3O3/c1-21-13-8-3-2-7-12(13)17-15(19)11-6-4-5-10(9-11)14(16)18-20/h2-9,20H,1H3,(H2,16,18)(H,17,19). The fourth-order valence-electron chi connectivity index (χ4n) is 1.82. The Hall–Kier alpha value is -3.02. The van der Waals surface area contributed by atoms with Crippen LogP contribution in [0.5, 0.6) is 5.75 Å². The Balaban J connectivity index is 2.25. The SMILES string of the molecule is COc1ccccc1NC(=O)c1cccc(/C(N)=N/O)c1. The number of carbonyl (C=O) groups excluding carboxylic acids is 1. The van der Waals surface area contributed by atoms with Gasteiger partial charge in [-0.3, -0.25) is 4.79 Å². The van der Waals surface area contributed by atoms with Gasteiger partial charge in [0.25, 0.3) is 5.91 Å². The van der Waals surface area contributed by atoms with E-state index in [2.05, 4.69) is 10.5 Å². The van der Waals surface area contributed by atoms with Crippen LogP contribution < -0.4 is 15.8 Å². The van der Waals surface area contributed by atoms with E-state index in [0.717, 1.165) is 0 Å². The fourth-order valence-corrected chi connectivity index (χ4v) is 1.82. The number of carbonyl (C=O) groups is 1. The van der Waals surface area contributed by atoms with E-state index in [1.807, 2.05) is 6.07 Å². The van der Waals surface area contributed by atoms with Gasteiger partial charge in [0.05, 0.1) is 12.8 Å². The summed E-state index contributed by atoms with van der Waals surface area (Å²) in [6.45, 7) is 0. The van der Waals surface area contributed by atoms with Gasteiger partial charge in [-0.25, -0.2) is 0 Å². The van der Waals surface area contributed by atoms with E-state index >= 15 is 0 Å². The summed E-state index contributed by atoms with van der Waals surface area (Å²) in [5.74, 6) is 0.201. The zero-order valence-electron chi connectivity index (χ0n) is 11.4. The molecule has 2 aromatic carbocycles. The van der Waals surface area contributed by atoms with Gasteiger partial charge in [-0.15, -0.1) is 0 Å². The van der Waals surface area contributed by atoms with Crippen molar-refractivity contribution in [2.45, 2.75) is 0 Å². The first-order valence-electron chi connectivity index (χ1n) is 6.18. The van der Waals surface area contributed by atoms with E-state index in [1.54, 1.807) is 42.5 Å². The lowest BCUT2D eigenvalue weighted by Gasteiger charge is -2.10. The Kier molecular flexibility index (Phi) is 4.40. The van der Waals surface area contributed by atoms with Crippen LogP contribution >= 0.6 is 0 Å². The average Bonchev–Trinajstić information content (AvgIpc) is 2.54. The zero-order chi connectivity index (χ0) is 15.2. The summed E-state index contributed by atoms with van der Waals surface area (Å²) in [5.41, 5.74) is 6.94. The van der Waals surface area contributed by atoms with E-state index in [9.17, 15) is 4.79 Å². The molecule has 21 heavy (non-hydrogen) atoms. The van der Waals surface area contributed by atoms with E-state index < -0.39 is 0 Å². The van der Waals surface area contributed by atoms with Crippen LogP contribution in [0.2, 0.25) is 0 Å². The maximum absolute atomic E-state index is 12.2. The lowest BCUT2D eigenvalue weighted by Crippen LogP contribution is -2.16. The molecule has 0 aliphatic rings. The number of amidine groups is 1. The van der Waals surface area contributed by atoms with Gasteiger partial charge in [0, 0.05) is 11.1 Å². The Morgan fingerprint density at radius 2 is 1.90 bits per heavy atom. The molecule has 0 aliphatic heterocycles. The third-order valence-corrected chi connectivity index (χ3v) is 2.88. The van der Waals surface area contributed by atoms with Gasteiger partial charge in [0.1, 0.15) is 5.75 Å². The van der Waals surface area contributed by atoms with Crippen LogP contribution in [-0.4, -0.2) is 24.1 Å². The van der Waals surface area contributed by atoms with Gasteiger partial charge in [-0.2, -0.15) is 0 Å². The van der Waals surface area contributed by atoms with Crippen molar-refractivity contribution in [2.75, 3.05) is 12.4 Å². The Bertz CT molecular complexity index is 683. The second-order valence-electron chi connectivity index (χ2n) is 4.22. The molecule has 2 aromatic rings. The van der Waals surface area contributed by atoms with Crippen molar-refractivity contribution in [1.82, 2.24) is 0 Å². The molecule has 0 bridgehead atoms. The summed E-state index contributed by atoms with van der Waals surface area (Å²) in [4.78, 5) is 12.2. The molecule has 0 atom stereocenters. The highest BCUT2D eigenvalue weighted by molar-refractivity contribution is 6.07. The van der Waals surface area contributed by atoms with E-state index in [-0.39, 0.29) is 11.7 Å². The van der Waals surface area contributed by atoms with Gasteiger partial charge < -0.3 is 21.0 Å². The summed E-state index contributed by atoms with van der Waals surface area (Å²) < 4.78 is 5.17. The highest BCUT2D eigenvalue weighted by Crippen LogP contribution is 2.23. The number of anilines is 1. The molecule has 0 heterocycles. The fraction of sp³-hybridized carbons (Fsp3) is 0.0667. The molecule has 0 saturated heterocycles. The van der Waals surface area contributed by atoms with Crippen molar-refractivity contribution in [3.8, 4) is 5.75 Å².